The van der Waals surface area contributed by atoms with Crippen LogP contribution in [0.1, 0.15) is 18.9 Å². The van der Waals surface area contributed by atoms with Crippen molar-refractivity contribution in [3.63, 3.8) is 0 Å². The van der Waals surface area contributed by atoms with Gasteiger partial charge in [-0.25, -0.2) is 0 Å². The lowest BCUT2D eigenvalue weighted by molar-refractivity contribution is -0.131. The van der Waals surface area contributed by atoms with E-state index in [0.717, 1.165) is 5.56 Å². The highest BCUT2D eigenvalue weighted by Crippen LogP contribution is 2.20. The maximum atomic E-state index is 11.9. The van der Waals surface area contributed by atoms with E-state index in [1.54, 1.807) is 18.0 Å². The average Bonchev–Trinajstić information content (AvgIpc) is 2.27. The standard InChI is InChI=1S/C13H18Cl2N2O/c1-9(7-16)3-13(18)17(2)8-10-4-11(14)6-12(15)5-10/h4-6,9H,3,7-8,16H2,1-2H3. The zero-order chi connectivity index (χ0) is 13.7. The molecule has 1 unspecified atom stereocenters. The zero-order valence-electron chi connectivity index (χ0n) is 10.6. The van der Waals surface area contributed by atoms with Gasteiger partial charge < -0.3 is 10.6 Å². The molecule has 1 rings (SSSR count). The Kier molecular flexibility index (Phi) is 5.93. The second kappa shape index (κ2) is 6.98. The van der Waals surface area contributed by atoms with Gasteiger partial charge in [0.1, 0.15) is 0 Å². The lowest BCUT2D eigenvalue weighted by Gasteiger charge is -2.19. The molecular weight excluding hydrogens is 271 g/mol. The van der Waals surface area contributed by atoms with Gasteiger partial charge in [0, 0.05) is 30.1 Å². The average molecular weight is 289 g/mol. The third kappa shape index (κ3) is 4.84. The molecule has 0 aliphatic carbocycles. The van der Waals surface area contributed by atoms with Crippen LogP contribution in [0.4, 0.5) is 0 Å². The van der Waals surface area contributed by atoms with Gasteiger partial charge in [0.2, 0.25) is 5.91 Å². The van der Waals surface area contributed by atoms with Gasteiger partial charge in [-0.05, 0) is 36.2 Å². The molecule has 1 aromatic rings. The Morgan fingerprint density at radius 2 is 1.89 bits per heavy atom. The highest BCUT2D eigenvalue weighted by atomic mass is 35.5. The second-order valence-electron chi connectivity index (χ2n) is 4.57. The first-order chi connectivity index (χ1) is 8.42. The van der Waals surface area contributed by atoms with E-state index >= 15 is 0 Å². The summed E-state index contributed by atoms with van der Waals surface area (Å²) in [6.07, 6.45) is 0.460. The summed E-state index contributed by atoms with van der Waals surface area (Å²) in [5.41, 5.74) is 6.43. The summed E-state index contributed by atoms with van der Waals surface area (Å²) < 4.78 is 0. The number of carbonyl (C=O) groups is 1. The van der Waals surface area contributed by atoms with Crippen molar-refractivity contribution in [3.8, 4) is 0 Å². The molecule has 0 saturated carbocycles. The molecule has 0 saturated heterocycles. The van der Waals surface area contributed by atoms with Crippen LogP contribution in [0.2, 0.25) is 10.0 Å². The number of carbonyl (C=O) groups excluding carboxylic acids is 1. The molecule has 18 heavy (non-hydrogen) atoms. The van der Waals surface area contributed by atoms with Crippen LogP contribution in [0.5, 0.6) is 0 Å². The molecular formula is C13H18Cl2N2O. The first-order valence-corrected chi connectivity index (χ1v) is 6.57. The van der Waals surface area contributed by atoms with E-state index in [4.69, 9.17) is 28.9 Å². The molecule has 0 fully saturated rings. The minimum absolute atomic E-state index is 0.0732. The molecule has 1 atom stereocenters. The SMILES string of the molecule is CC(CN)CC(=O)N(C)Cc1cc(Cl)cc(Cl)c1. The Bertz CT molecular complexity index is 403. The van der Waals surface area contributed by atoms with Crippen molar-refractivity contribution in [2.45, 2.75) is 19.9 Å². The molecule has 0 spiro atoms. The topological polar surface area (TPSA) is 46.3 Å². The summed E-state index contributed by atoms with van der Waals surface area (Å²) in [6.45, 7) is 2.97. The number of nitrogens with two attached hydrogens (primary N) is 1. The zero-order valence-corrected chi connectivity index (χ0v) is 12.1. The van der Waals surface area contributed by atoms with Gasteiger partial charge in [0.05, 0.1) is 0 Å². The number of nitrogens with zero attached hydrogens (tertiary/aromatic N) is 1. The van der Waals surface area contributed by atoms with Crippen molar-refractivity contribution >= 4 is 29.1 Å². The lowest BCUT2D eigenvalue weighted by Crippen LogP contribution is -2.29. The number of amides is 1. The van der Waals surface area contributed by atoms with Crippen LogP contribution in [0.25, 0.3) is 0 Å². The number of halogens is 2. The van der Waals surface area contributed by atoms with Gasteiger partial charge in [0.25, 0.3) is 0 Å². The van der Waals surface area contributed by atoms with Gasteiger partial charge in [-0.3, -0.25) is 4.79 Å². The minimum atomic E-state index is 0.0732. The summed E-state index contributed by atoms with van der Waals surface area (Å²) in [4.78, 5) is 13.6. The molecule has 5 heteroatoms. The molecule has 0 heterocycles. The van der Waals surface area contributed by atoms with Crippen LogP contribution >= 0.6 is 23.2 Å². The van der Waals surface area contributed by atoms with Crippen LogP contribution in [-0.4, -0.2) is 24.4 Å². The largest absolute Gasteiger partial charge is 0.341 e. The summed E-state index contributed by atoms with van der Waals surface area (Å²) in [5, 5.41) is 1.15. The molecule has 100 valence electrons. The van der Waals surface area contributed by atoms with Crippen molar-refractivity contribution in [1.29, 1.82) is 0 Å². The molecule has 3 nitrogen and oxygen atoms in total. The van der Waals surface area contributed by atoms with Crippen LogP contribution < -0.4 is 5.73 Å². The summed E-state index contributed by atoms with van der Waals surface area (Å²) in [7, 11) is 1.76. The number of rotatable bonds is 5. The molecule has 0 radical (unpaired) electrons. The number of hydrogen-bond acceptors (Lipinski definition) is 2. The van der Waals surface area contributed by atoms with Gasteiger partial charge in [-0.2, -0.15) is 0 Å². The third-order valence-electron chi connectivity index (χ3n) is 2.69. The Balaban J connectivity index is 2.63. The predicted molar refractivity (Wildman–Crippen MR) is 75.8 cm³/mol. The van der Waals surface area contributed by atoms with Crippen molar-refractivity contribution < 1.29 is 4.79 Å². The van der Waals surface area contributed by atoms with E-state index < -0.39 is 0 Å². The van der Waals surface area contributed by atoms with Crippen LogP contribution in [0, 0.1) is 5.92 Å². The van der Waals surface area contributed by atoms with E-state index in [9.17, 15) is 4.79 Å². The van der Waals surface area contributed by atoms with Crippen LogP contribution in [-0.2, 0) is 11.3 Å². The molecule has 0 bridgehead atoms. The quantitative estimate of drug-likeness (QED) is 0.906. The van der Waals surface area contributed by atoms with E-state index in [-0.39, 0.29) is 11.8 Å². The van der Waals surface area contributed by atoms with Crippen LogP contribution in [0.15, 0.2) is 18.2 Å². The van der Waals surface area contributed by atoms with Gasteiger partial charge in [-0.1, -0.05) is 30.1 Å². The summed E-state index contributed by atoms with van der Waals surface area (Å²) >= 11 is 11.8. The third-order valence-corrected chi connectivity index (χ3v) is 3.13. The molecule has 0 aliphatic rings. The number of benzene rings is 1. The van der Waals surface area contributed by atoms with Crippen molar-refractivity contribution in [3.05, 3.63) is 33.8 Å². The second-order valence-corrected chi connectivity index (χ2v) is 5.45. The van der Waals surface area contributed by atoms with E-state index in [2.05, 4.69) is 0 Å². The molecule has 1 aromatic carbocycles. The minimum Gasteiger partial charge on any atom is -0.341 e. The predicted octanol–water partition coefficient (Wildman–Crippen LogP) is 2.94. The normalized spacial score (nSPS) is 12.3. The first kappa shape index (κ1) is 15.3. The number of hydrogen-bond donors (Lipinski definition) is 1. The summed E-state index contributed by atoms with van der Waals surface area (Å²) in [6, 6.07) is 5.29. The highest BCUT2D eigenvalue weighted by Gasteiger charge is 2.13. The maximum absolute atomic E-state index is 11.9. The van der Waals surface area contributed by atoms with Crippen molar-refractivity contribution in [2.24, 2.45) is 11.7 Å². The Labute approximate surface area is 118 Å². The molecule has 0 aromatic heterocycles. The van der Waals surface area contributed by atoms with Gasteiger partial charge in [0.15, 0.2) is 0 Å². The van der Waals surface area contributed by atoms with E-state index in [1.165, 1.54) is 0 Å². The smallest absolute Gasteiger partial charge is 0.222 e. The van der Waals surface area contributed by atoms with Gasteiger partial charge >= 0.3 is 0 Å². The lowest BCUT2D eigenvalue weighted by atomic mass is 10.1. The molecule has 1 amide bonds. The van der Waals surface area contributed by atoms with Crippen LogP contribution in [0.3, 0.4) is 0 Å². The van der Waals surface area contributed by atoms with E-state index in [1.807, 2.05) is 19.1 Å². The van der Waals surface area contributed by atoms with E-state index in [0.29, 0.717) is 29.6 Å². The fourth-order valence-corrected chi connectivity index (χ4v) is 2.17. The Hall–Kier alpha value is -0.770. The fraction of sp³-hybridized carbons (Fsp3) is 0.462. The molecule has 0 aliphatic heterocycles. The highest BCUT2D eigenvalue weighted by molar-refractivity contribution is 6.34. The Morgan fingerprint density at radius 1 is 1.33 bits per heavy atom. The van der Waals surface area contributed by atoms with Crippen molar-refractivity contribution in [2.75, 3.05) is 13.6 Å². The summed E-state index contributed by atoms with van der Waals surface area (Å²) in [5.74, 6) is 0.270. The first-order valence-electron chi connectivity index (χ1n) is 5.81. The van der Waals surface area contributed by atoms with Crippen molar-refractivity contribution in [1.82, 2.24) is 4.90 Å². The fourth-order valence-electron chi connectivity index (χ4n) is 1.60. The Morgan fingerprint density at radius 3 is 2.39 bits per heavy atom. The molecule has 2 N–H and O–H groups in total. The van der Waals surface area contributed by atoms with Gasteiger partial charge in [-0.15, -0.1) is 0 Å². The maximum Gasteiger partial charge on any atom is 0.222 e. The monoisotopic (exact) mass is 288 g/mol.